The molecule has 1 aliphatic heterocycles. The minimum absolute atomic E-state index is 0.335. The number of rotatable bonds is 3. The highest BCUT2D eigenvalue weighted by atomic mass is 19.1. The number of nitrogens with one attached hydrogen (secondary N) is 1. The molecule has 1 saturated heterocycles. The number of carbonyl (C=O) groups is 1. The van der Waals surface area contributed by atoms with Crippen molar-refractivity contribution >= 4 is 17.5 Å². The Hall–Kier alpha value is -2.50. The molecule has 1 aromatic carbocycles. The normalized spacial score (nSPS) is 14.6. The number of benzene rings is 1. The maximum absolute atomic E-state index is 13.2. The van der Waals surface area contributed by atoms with Gasteiger partial charge in [0.25, 0.3) is 5.91 Å². The van der Waals surface area contributed by atoms with Crippen LogP contribution < -0.4 is 10.2 Å². The number of hydrogen-bond donors (Lipinski definition) is 1. The van der Waals surface area contributed by atoms with Gasteiger partial charge in [0.1, 0.15) is 5.82 Å². The van der Waals surface area contributed by atoms with Gasteiger partial charge < -0.3 is 10.2 Å². The van der Waals surface area contributed by atoms with Crippen LogP contribution in [0, 0.1) is 12.7 Å². The first-order valence-electron chi connectivity index (χ1n) is 7.79. The van der Waals surface area contributed by atoms with Crippen molar-refractivity contribution in [2.75, 3.05) is 23.3 Å². The van der Waals surface area contributed by atoms with Crippen LogP contribution in [0.5, 0.6) is 0 Å². The number of amides is 1. The predicted molar refractivity (Wildman–Crippen MR) is 87.2 cm³/mol. The molecule has 1 fully saturated rings. The molecule has 1 amide bonds. The second-order valence-corrected chi connectivity index (χ2v) is 5.68. The van der Waals surface area contributed by atoms with Crippen LogP contribution in [-0.2, 0) is 0 Å². The van der Waals surface area contributed by atoms with Gasteiger partial charge in [0.15, 0.2) is 0 Å². The lowest BCUT2D eigenvalue weighted by atomic mass is 10.1. The molecular weight excluding hydrogens is 295 g/mol. The topological polar surface area (TPSA) is 58.1 Å². The number of nitrogens with zero attached hydrogens (tertiary/aromatic N) is 3. The third-order valence-electron chi connectivity index (χ3n) is 3.93. The minimum atomic E-state index is -0.392. The van der Waals surface area contributed by atoms with Crippen LogP contribution in [0.1, 0.15) is 35.3 Å². The fraction of sp³-hybridized carbons (Fsp3) is 0.353. The zero-order valence-electron chi connectivity index (χ0n) is 13.1. The summed E-state index contributed by atoms with van der Waals surface area (Å²) in [6, 6.07) is 5.79. The van der Waals surface area contributed by atoms with E-state index in [-0.39, 0.29) is 5.91 Å². The highest BCUT2D eigenvalue weighted by Crippen LogP contribution is 2.18. The number of aryl methyl sites for hydroxylation is 1. The molecule has 0 bridgehead atoms. The van der Waals surface area contributed by atoms with Gasteiger partial charge >= 0.3 is 0 Å². The Morgan fingerprint density at radius 2 is 2.04 bits per heavy atom. The van der Waals surface area contributed by atoms with E-state index in [9.17, 15) is 9.18 Å². The van der Waals surface area contributed by atoms with Crippen LogP contribution in [0.2, 0.25) is 0 Å². The Kier molecular flexibility index (Phi) is 4.50. The number of hydrogen-bond acceptors (Lipinski definition) is 4. The van der Waals surface area contributed by atoms with Crippen molar-refractivity contribution in [3.63, 3.8) is 0 Å². The Bertz CT molecular complexity index is 713. The highest BCUT2D eigenvalue weighted by Gasteiger charge is 2.17. The molecule has 0 spiro atoms. The summed E-state index contributed by atoms with van der Waals surface area (Å²) in [6.45, 7) is 3.69. The predicted octanol–water partition coefficient (Wildman–Crippen LogP) is 3.17. The molecule has 120 valence electrons. The quantitative estimate of drug-likeness (QED) is 0.945. The van der Waals surface area contributed by atoms with Crippen LogP contribution in [0.4, 0.5) is 16.0 Å². The van der Waals surface area contributed by atoms with Gasteiger partial charge in [-0.05, 0) is 44.4 Å². The van der Waals surface area contributed by atoms with Gasteiger partial charge in [-0.2, -0.15) is 0 Å². The summed E-state index contributed by atoms with van der Waals surface area (Å²) < 4.78 is 13.2. The summed E-state index contributed by atoms with van der Waals surface area (Å²) in [6.07, 6.45) is 5.07. The molecule has 1 N–H and O–H groups in total. The average Bonchev–Trinajstić information content (AvgIpc) is 2.55. The zero-order valence-corrected chi connectivity index (χ0v) is 13.1. The molecule has 3 rings (SSSR count). The fourth-order valence-electron chi connectivity index (χ4n) is 2.69. The van der Waals surface area contributed by atoms with Crippen LogP contribution in [-0.4, -0.2) is 29.0 Å². The van der Waals surface area contributed by atoms with E-state index in [2.05, 4.69) is 20.2 Å². The molecule has 0 saturated carbocycles. The lowest BCUT2D eigenvalue weighted by Gasteiger charge is -2.26. The van der Waals surface area contributed by atoms with E-state index in [0.717, 1.165) is 25.9 Å². The fourth-order valence-corrected chi connectivity index (χ4v) is 2.69. The van der Waals surface area contributed by atoms with Gasteiger partial charge in [0, 0.05) is 25.0 Å². The van der Waals surface area contributed by atoms with Crippen LogP contribution in [0.15, 0.2) is 30.5 Å². The van der Waals surface area contributed by atoms with E-state index in [1.54, 1.807) is 25.3 Å². The van der Waals surface area contributed by atoms with Gasteiger partial charge in [-0.3, -0.25) is 4.79 Å². The number of halogens is 1. The van der Waals surface area contributed by atoms with E-state index in [4.69, 9.17) is 0 Å². The van der Waals surface area contributed by atoms with Gasteiger partial charge in [0.05, 0.1) is 11.3 Å². The average molecular weight is 314 g/mol. The van der Waals surface area contributed by atoms with Crippen molar-refractivity contribution in [1.82, 2.24) is 9.97 Å². The van der Waals surface area contributed by atoms with Crippen molar-refractivity contribution < 1.29 is 9.18 Å². The van der Waals surface area contributed by atoms with Crippen molar-refractivity contribution in [2.24, 2.45) is 0 Å². The molecule has 0 atom stereocenters. The number of anilines is 2. The van der Waals surface area contributed by atoms with E-state index in [0.29, 0.717) is 22.9 Å². The second kappa shape index (κ2) is 6.73. The zero-order chi connectivity index (χ0) is 16.2. The summed E-state index contributed by atoms with van der Waals surface area (Å²) >= 11 is 0. The van der Waals surface area contributed by atoms with Crippen LogP contribution >= 0.6 is 0 Å². The SMILES string of the molecule is Cc1nc(N2CCCCC2)ncc1C(=O)Nc1cccc(F)c1. The van der Waals surface area contributed by atoms with E-state index in [1.807, 2.05) is 0 Å². The molecule has 6 heteroatoms. The molecule has 1 aliphatic rings. The maximum atomic E-state index is 13.2. The molecule has 0 unspecified atom stereocenters. The smallest absolute Gasteiger partial charge is 0.259 e. The van der Waals surface area contributed by atoms with Crippen molar-refractivity contribution in [1.29, 1.82) is 0 Å². The summed E-state index contributed by atoms with van der Waals surface area (Å²) in [7, 11) is 0. The number of piperidine rings is 1. The van der Waals surface area contributed by atoms with Gasteiger partial charge in [0.2, 0.25) is 5.95 Å². The Morgan fingerprint density at radius 3 is 2.74 bits per heavy atom. The van der Waals surface area contributed by atoms with Crippen molar-refractivity contribution in [2.45, 2.75) is 26.2 Å². The minimum Gasteiger partial charge on any atom is -0.341 e. The van der Waals surface area contributed by atoms with Crippen molar-refractivity contribution in [3.8, 4) is 0 Å². The Balaban J connectivity index is 1.75. The summed E-state index contributed by atoms with van der Waals surface area (Å²) in [5.74, 6) is -0.0565. The molecule has 2 heterocycles. The van der Waals surface area contributed by atoms with Gasteiger partial charge in [-0.1, -0.05) is 6.07 Å². The van der Waals surface area contributed by atoms with Gasteiger partial charge in [-0.15, -0.1) is 0 Å². The van der Waals surface area contributed by atoms with Gasteiger partial charge in [-0.25, -0.2) is 14.4 Å². The van der Waals surface area contributed by atoms with E-state index >= 15 is 0 Å². The molecule has 2 aromatic rings. The molecule has 0 radical (unpaired) electrons. The molecule has 0 aliphatic carbocycles. The second-order valence-electron chi connectivity index (χ2n) is 5.68. The summed E-state index contributed by atoms with van der Waals surface area (Å²) in [5, 5.41) is 2.67. The first kappa shape index (κ1) is 15.4. The Morgan fingerprint density at radius 1 is 1.26 bits per heavy atom. The monoisotopic (exact) mass is 314 g/mol. The summed E-state index contributed by atoms with van der Waals surface area (Å²) in [4.78, 5) is 23.2. The molecule has 1 aromatic heterocycles. The molecular formula is C17H19FN4O. The Labute approximate surface area is 134 Å². The third-order valence-corrected chi connectivity index (χ3v) is 3.93. The lowest BCUT2D eigenvalue weighted by molar-refractivity contribution is 0.102. The number of aromatic nitrogens is 2. The van der Waals surface area contributed by atoms with Crippen LogP contribution in [0.25, 0.3) is 0 Å². The van der Waals surface area contributed by atoms with Crippen molar-refractivity contribution in [3.05, 3.63) is 47.5 Å². The maximum Gasteiger partial charge on any atom is 0.259 e. The largest absolute Gasteiger partial charge is 0.341 e. The lowest BCUT2D eigenvalue weighted by Crippen LogP contribution is -2.31. The highest BCUT2D eigenvalue weighted by molar-refractivity contribution is 6.04. The van der Waals surface area contributed by atoms with Crippen LogP contribution in [0.3, 0.4) is 0 Å². The molecule has 23 heavy (non-hydrogen) atoms. The van der Waals surface area contributed by atoms with E-state index in [1.165, 1.54) is 18.6 Å². The standard InChI is InChI=1S/C17H19FN4O/c1-12-15(16(23)21-14-7-5-6-13(18)10-14)11-19-17(20-12)22-8-3-2-4-9-22/h5-7,10-11H,2-4,8-9H2,1H3,(H,21,23). The van der Waals surface area contributed by atoms with E-state index < -0.39 is 5.82 Å². The first-order chi connectivity index (χ1) is 11.1. The number of carbonyl (C=O) groups excluding carboxylic acids is 1. The summed E-state index contributed by atoms with van der Waals surface area (Å²) in [5.41, 5.74) is 1.43. The first-order valence-corrected chi connectivity index (χ1v) is 7.79. The molecule has 5 nitrogen and oxygen atoms in total. The third kappa shape index (κ3) is 3.64.